The van der Waals surface area contributed by atoms with E-state index in [1.165, 1.54) is 6.92 Å². The van der Waals surface area contributed by atoms with Gasteiger partial charge in [-0.3, -0.25) is 9.59 Å². The zero-order chi connectivity index (χ0) is 17.7. The predicted molar refractivity (Wildman–Crippen MR) is 91.3 cm³/mol. The summed E-state index contributed by atoms with van der Waals surface area (Å²) in [5.74, 6) is -1.02. The molecular weight excluding hydrogens is 306 g/mol. The minimum absolute atomic E-state index is 0.0460. The largest absolute Gasteiger partial charge is 0.452 e. The highest BCUT2D eigenvalue weighted by atomic mass is 16.5. The molecule has 2 aromatic carbocycles. The van der Waals surface area contributed by atoms with Crippen LogP contribution in [0.25, 0.3) is 0 Å². The third-order valence-corrected chi connectivity index (χ3v) is 3.73. The average Bonchev–Trinajstić information content (AvgIpc) is 2.55. The molecule has 0 saturated heterocycles. The molecule has 0 heterocycles. The lowest BCUT2D eigenvalue weighted by atomic mass is 10.0. The number of anilines is 1. The van der Waals surface area contributed by atoms with Crippen LogP contribution in [0.1, 0.15) is 38.8 Å². The van der Waals surface area contributed by atoms with Crippen molar-refractivity contribution < 1.29 is 19.1 Å². The fourth-order valence-electron chi connectivity index (χ4n) is 2.17. The van der Waals surface area contributed by atoms with E-state index in [4.69, 9.17) is 4.74 Å². The van der Waals surface area contributed by atoms with Gasteiger partial charge >= 0.3 is 5.97 Å². The molecule has 2 rings (SSSR count). The van der Waals surface area contributed by atoms with E-state index in [0.717, 1.165) is 11.1 Å². The van der Waals surface area contributed by atoms with Gasteiger partial charge in [0.1, 0.15) is 0 Å². The molecule has 24 heavy (non-hydrogen) atoms. The molecule has 0 saturated carbocycles. The van der Waals surface area contributed by atoms with Gasteiger partial charge in [-0.25, -0.2) is 4.79 Å². The summed E-state index contributed by atoms with van der Waals surface area (Å²) in [5.41, 5.74) is 3.37. The summed E-state index contributed by atoms with van der Waals surface area (Å²) in [6, 6.07) is 11.9. The Kier molecular flexibility index (Phi) is 5.47. The number of Topliss-reactive ketones (excluding diaryl/α,β-unsaturated/α-hetero) is 1. The van der Waals surface area contributed by atoms with E-state index in [-0.39, 0.29) is 12.4 Å². The molecule has 0 radical (unpaired) electrons. The second-order valence-electron chi connectivity index (χ2n) is 5.51. The van der Waals surface area contributed by atoms with Crippen LogP contribution in [0.3, 0.4) is 0 Å². The zero-order valence-corrected chi connectivity index (χ0v) is 13.9. The number of carbonyl (C=O) groups excluding carboxylic acids is 3. The van der Waals surface area contributed by atoms with E-state index in [2.05, 4.69) is 5.32 Å². The third kappa shape index (κ3) is 4.29. The van der Waals surface area contributed by atoms with Gasteiger partial charge in [0.25, 0.3) is 5.91 Å². The lowest BCUT2D eigenvalue weighted by Gasteiger charge is -2.09. The Bertz CT molecular complexity index is 778. The van der Waals surface area contributed by atoms with Crippen molar-refractivity contribution in [1.29, 1.82) is 0 Å². The first kappa shape index (κ1) is 17.4. The summed E-state index contributed by atoms with van der Waals surface area (Å²) in [4.78, 5) is 35.1. The molecule has 1 N–H and O–H groups in total. The van der Waals surface area contributed by atoms with Crippen molar-refractivity contribution in [1.82, 2.24) is 0 Å². The van der Waals surface area contributed by atoms with Gasteiger partial charge in [0.05, 0.1) is 5.56 Å². The smallest absolute Gasteiger partial charge is 0.338 e. The van der Waals surface area contributed by atoms with Gasteiger partial charge in [0.2, 0.25) is 0 Å². The zero-order valence-electron chi connectivity index (χ0n) is 13.9. The first-order valence-electron chi connectivity index (χ1n) is 7.52. The molecular formula is C19H19NO4. The molecule has 5 nitrogen and oxygen atoms in total. The molecule has 0 aliphatic carbocycles. The third-order valence-electron chi connectivity index (χ3n) is 3.73. The molecule has 124 valence electrons. The van der Waals surface area contributed by atoms with E-state index >= 15 is 0 Å². The lowest BCUT2D eigenvalue weighted by molar-refractivity contribution is -0.119. The molecule has 0 aliphatic heterocycles. The number of ether oxygens (including phenoxy) is 1. The standard InChI is InChI=1S/C19H19NO4/c1-12-5-4-6-17(13(12)2)19(23)24-11-18(22)20-16-9-7-15(8-10-16)14(3)21/h4-10H,11H2,1-3H3,(H,20,22). The second kappa shape index (κ2) is 7.55. The Morgan fingerprint density at radius 1 is 1.00 bits per heavy atom. The number of hydrogen-bond donors (Lipinski definition) is 1. The minimum atomic E-state index is -0.529. The van der Waals surface area contributed by atoms with Crippen molar-refractivity contribution in [3.8, 4) is 0 Å². The summed E-state index contributed by atoms with van der Waals surface area (Å²) in [6.07, 6.45) is 0. The van der Waals surface area contributed by atoms with Gasteiger partial charge in [-0.1, -0.05) is 12.1 Å². The Labute approximate surface area is 140 Å². The van der Waals surface area contributed by atoms with Crippen LogP contribution in [-0.4, -0.2) is 24.3 Å². The van der Waals surface area contributed by atoms with Crippen LogP contribution in [0.15, 0.2) is 42.5 Å². The maximum Gasteiger partial charge on any atom is 0.338 e. The van der Waals surface area contributed by atoms with Crippen molar-refractivity contribution in [2.24, 2.45) is 0 Å². The molecule has 1 amide bonds. The first-order chi connectivity index (χ1) is 11.4. The minimum Gasteiger partial charge on any atom is -0.452 e. The predicted octanol–water partition coefficient (Wildman–Crippen LogP) is 3.30. The van der Waals surface area contributed by atoms with Crippen LogP contribution in [0.4, 0.5) is 5.69 Å². The number of ketones is 1. The van der Waals surface area contributed by atoms with Crippen molar-refractivity contribution in [3.63, 3.8) is 0 Å². The quantitative estimate of drug-likeness (QED) is 0.676. The van der Waals surface area contributed by atoms with Crippen LogP contribution < -0.4 is 5.32 Å². The summed E-state index contributed by atoms with van der Waals surface area (Å²) < 4.78 is 5.05. The van der Waals surface area contributed by atoms with Gasteiger partial charge in [0.15, 0.2) is 12.4 Å². The molecule has 0 spiro atoms. The fraction of sp³-hybridized carbons (Fsp3) is 0.211. The van der Waals surface area contributed by atoms with Crippen LogP contribution in [0.5, 0.6) is 0 Å². The van der Waals surface area contributed by atoms with E-state index in [9.17, 15) is 14.4 Å². The van der Waals surface area contributed by atoms with Crippen LogP contribution in [0, 0.1) is 13.8 Å². The van der Waals surface area contributed by atoms with Crippen LogP contribution in [0.2, 0.25) is 0 Å². The summed E-state index contributed by atoms with van der Waals surface area (Å²) >= 11 is 0. The van der Waals surface area contributed by atoms with Crippen LogP contribution >= 0.6 is 0 Å². The number of rotatable bonds is 5. The Hall–Kier alpha value is -2.95. The number of benzene rings is 2. The normalized spacial score (nSPS) is 10.1. The van der Waals surface area contributed by atoms with Crippen molar-refractivity contribution >= 4 is 23.3 Å². The summed E-state index contributed by atoms with van der Waals surface area (Å²) in [7, 11) is 0. The van der Waals surface area contributed by atoms with E-state index in [1.807, 2.05) is 19.9 Å². The summed E-state index contributed by atoms with van der Waals surface area (Å²) in [5, 5.41) is 2.61. The van der Waals surface area contributed by atoms with Gasteiger partial charge in [-0.15, -0.1) is 0 Å². The summed E-state index contributed by atoms with van der Waals surface area (Å²) in [6.45, 7) is 4.84. The molecule has 0 atom stereocenters. The van der Waals surface area contributed by atoms with Gasteiger partial charge < -0.3 is 10.1 Å². The maximum atomic E-state index is 12.1. The molecule has 0 fully saturated rings. The first-order valence-corrected chi connectivity index (χ1v) is 7.52. The number of amides is 1. The van der Waals surface area contributed by atoms with Crippen LogP contribution in [-0.2, 0) is 9.53 Å². The number of hydrogen-bond acceptors (Lipinski definition) is 4. The molecule has 5 heteroatoms. The molecule has 0 aliphatic rings. The molecule has 2 aromatic rings. The van der Waals surface area contributed by atoms with Crippen molar-refractivity contribution in [2.75, 3.05) is 11.9 Å². The van der Waals surface area contributed by atoms with Gasteiger partial charge in [0, 0.05) is 11.3 Å². The SMILES string of the molecule is CC(=O)c1ccc(NC(=O)COC(=O)c2cccc(C)c2C)cc1. The monoisotopic (exact) mass is 325 g/mol. The molecule has 0 bridgehead atoms. The highest BCUT2D eigenvalue weighted by Crippen LogP contribution is 2.14. The number of aryl methyl sites for hydroxylation is 1. The highest BCUT2D eigenvalue weighted by Gasteiger charge is 2.13. The Morgan fingerprint density at radius 3 is 2.29 bits per heavy atom. The number of carbonyl (C=O) groups is 3. The molecule has 0 aromatic heterocycles. The lowest BCUT2D eigenvalue weighted by Crippen LogP contribution is -2.21. The van der Waals surface area contributed by atoms with Gasteiger partial charge in [-0.05, 0) is 62.2 Å². The topological polar surface area (TPSA) is 72.5 Å². The van der Waals surface area contributed by atoms with E-state index in [0.29, 0.717) is 16.8 Å². The second-order valence-corrected chi connectivity index (χ2v) is 5.51. The average molecular weight is 325 g/mol. The Morgan fingerprint density at radius 2 is 1.67 bits per heavy atom. The highest BCUT2D eigenvalue weighted by molar-refractivity contribution is 5.97. The maximum absolute atomic E-state index is 12.1. The molecule has 0 unspecified atom stereocenters. The Balaban J connectivity index is 1.92. The van der Waals surface area contributed by atoms with Crippen molar-refractivity contribution in [2.45, 2.75) is 20.8 Å². The number of nitrogens with one attached hydrogen (secondary N) is 1. The number of esters is 1. The van der Waals surface area contributed by atoms with Crippen molar-refractivity contribution in [3.05, 3.63) is 64.7 Å². The van der Waals surface area contributed by atoms with E-state index in [1.54, 1.807) is 36.4 Å². The van der Waals surface area contributed by atoms with E-state index < -0.39 is 11.9 Å². The fourth-order valence-corrected chi connectivity index (χ4v) is 2.17. The van der Waals surface area contributed by atoms with Gasteiger partial charge in [-0.2, -0.15) is 0 Å².